The van der Waals surface area contributed by atoms with E-state index in [0.29, 0.717) is 11.8 Å². The van der Waals surface area contributed by atoms with E-state index < -0.39 is 0 Å². The van der Waals surface area contributed by atoms with Gasteiger partial charge in [0.25, 0.3) is 0 Å². The number of para-hydroxylation sites is 1. The van der Waals surface area contributed by atoms with E-state index in [9.17, 15) is 0 Å². The Kier molecular flexibility index (Phi) is 5.23. The molecule has 1 fully saturated rings. The molecule has 1 saturated heterocycles. The van der Waals surface area contributed by atoms with Crippen molar-refractivity contribution in [2.45, 2.75) is 6.92 Å². The van der Waals surface area contributed by atoms with Gasteiger partial charge in [-0.2, -0.15) is 10.1 Å². The summed E-state index contributed by atoms with van der Waals surface area (Å²) in [5, 5.41) is 11.7. The molecule has 1 N–H and O–H groups in total. The molecule has 0 spiro atoms. The molecule has 2 heterocycles. The second-order valence-electron chi connectivity index (χ2n) is 6.78. The number of aromatic nitrogens is 3. The topological polar surface area (TPSA) is 66.4 Å². The van der Waals surface area contributed by atoms with Gasteiger partial charge < -0.3 is 19.9 Å². The molecule has 0 bridgehead atoms. The van der Waals surface area contributed by atoms with Gasteiger partial charge in [-0.05, 0) is 36.8 Å². The number of aryl methyl sites for hydroxylation is 1. The molecule has 1 aromatic heterocycles. The number of nitrogens with zero attached hydrogens (tertiary/aromatic N) is 5. The van der Waals surface area contributed by atoms with Gasteiger partial charge in [0, 0.05) is 31.9 Å². The largest absolute Gasteiger partial charge is 0.495 e. The first-order valence-corrected chi connectivity index (χ1v) is 9.39. The van der Waals surface area contributed by atoms with Crippen LogP contribution in [0.5, 0.6) is 5.75 Å². The van der Waals surface area contributed by atoms with Gasteiger partial charge in [0.1, 0.15) is 5.75 Å². The van der Waals surface area contributed by atoms with Crippen molar-refractivity contribution in [3.05, 3.63) is 60.3 Å². The maximum absolute atomic E-state index is 5.43. The molecule has 2 aromatic carbocycles. The highest BCUT2D eigenvalue weighted by atomic mass is 16.5. The molecule has 144 valence electrons. The zero-order valence-corrected chi connectivity index (χ0v) is 16.2. The summed E-state index contributed by atoms with van der Waals surface area (Å²) in [7, 11) is 1.66. The van der Waals surface area contributed by atoms with E-state index in [-0.39, 0.29) is 0 Å². The smallest absolute Gasteiger partial charge is 0.247 e. The Bertz CT molecular complexity index is 925. The lowest BCUT2D eigenvalue weighted by Crippen LogP contribution is -2.47. The number of piperazine rings is 1. The normalized spacial score (nSPS) is 14.1. The van der Waals surface area contributed by atoms with E-state index in [1.54, 1.807) is 13.3 Å². The van der Waals surface area contributed by atoms with Crippen molar-refractivity contribution in [1.82, 2.24) is 15.2 Å². The van der Waals surface area contributed by atoms with E-state index in [0.717, 1.165) is 43.2 Å². The van der Waals surface area contributed by atoms with Crippen LogP contribution >= 0.6 is 0 Å². The first-order chi connectivity index (χ1) is 13.7. The molecule has 3 aromatic rings. The zero-order chi connectivity index (χ0) is 19.3. The molecule has 7 heteroatoms. The molecule has 0 atom stereocenters. The summed E-state index contributed by atoms with van der Waals surface area (Å²) in [6.07, 6.45) is 1.63. The van der Waals surface area contributed by atoms with Crippen molar-refractivity contribution < 1.29 is 4.74 Å². The van der Waals surface area contributed by atoms with E-state index in [2.05, 4.69) is 54.6 Å². The Morgan fingerprint density at radius 3 is 2.46 bits per heavy atom. The highest BCUT2D eigenvalue weighted by molar-refractivity contribution is 5.65. The fourth-order valence-corrected chi connectivity index (χ4v) is 3.35. The summed E-state index contributed by atoms with van der Waals surface area (Å²) < 4.78 is 5.43. The number of hydrogen-bond acceptors (Lipinski definition) is 7. The standard InChI is InChI=1S/C21H24N6O/c1-16-8-9-19(28-2)18(14-16)23-20-15-22-25-21(24-20)27-12-10-26(11-13-27)17-6-4-3-5-7-17/h3-9,14-15H,10-13H2,1-2H3,(H,23,24,25). The molecule has 0 unspecified atom stereocenters. The maximum Gasteiger partial charge on any atom is 0.247 e. The van der Waals surface area contributed by atoms with Crippen molar-refractivity contribution in [2.75, 3.05) is 48.4 Å². The van der Waals surface area contributed by atoms with Crippen molar-refractivity contribution in [3.8, 4) is 5.75 Å². The molecule has 7 nitrogen and oxygen atoms in total. The number of methoxy groups -OCH3 is 1. The van der Waals surface area contributed by atoms with Gasteiger partial charge in [-0.1, -0.05) is 24.3 Å². The first kappa shape index (κ1) is 18.0. The monoisotopic (exact) mass is 376 g/mol. The predicted octanol–water partition coefficient (Wildman–Crippen LogP) is 3.26. The van der Waals surface area contributed by atoms with Crippen LogP contribution in [0.1, 0.15) is 5.56 Å². The number of hydrogen-bond donors (Lipinski definition) is 1. The number of benzene rings is 2. The number of anilines is 4. The molecule has 0 radical (unpaired) electrons. The molecular formula is C21H24N6O. The predicted molar refractivity (Wildman–Crippen MR) is 112 cm³/mol. The van der Waals surface area contributed by atoms with E-state index in [4.69, 9.17) is 4.74 Å². The lowest BCUT2D eigenvalue weighted by molar-refractivity contribution is 0.416. The van der Waals surface area contributed by atoms with Crippen molar-refractivity contribution in [3.63, 3.8) is 0 Å². The first-order valence-electron chi connectivity index (χ1n) is 9.39. The van der Waals surface area contributed by atoms with Crippen molar-refractivity contribution in [2.24, 2.45) is 0 Å². The lowest BCUT2D eigenvalue weighted by atomic mass is 10.2. The average Bonchev–Trinajstić information content (AvgIpc) is 2.75. The minimum absolute atomic E-state index is 0.643. The Hall–Kier alpha value is -3.35. The highest BCUT2D eigenvalue weighted by Gasteiger charge is 2.20. The zero-order valence-electron chi connectivity index (χ0n) is 16.2. The Morgan fingerprint density at radius 1 is 0.964 bits per heavy atom. The van der Waals surface area contributed by atoms with Crippen LogP contribution in [0.4, 0.5) is 23.1 Å². The number of nitrogens with one attached hydrogen (secondary N) is 1. The van der Waals surface area contributed by atoms with Gasteiger partial charge in [-0.15, -0.1) is 5.10 Å². The summed E-state index contributed by atoms with van der Waals surface area (Å²) in [5.41, 5.74) is 3.26. The molecule has 1 aliphatic rings. The van der Waals surface area contributed by atoms with Gasteiger partial charge in [0.15, 0.2) is 5.82 Å². The summed E-state index contributed by atoms with van der Waals surface area (Å²) in [4.78, 5) is 9.21. The van der Waals surface area contributed by atoms with Crippen molar-refractivity contribution in [1.29, 1.82) is 0 Å². The summed E-state index contributed by atoms with van der Waals surface area (Å²) >= 11 is 0. The van der Waals surface area contributed by atoms with Crippen LogP contribution in [0.2, 0.25) is 0 Å². The molecule has 1 aliphatic heterocycles. The summed E-state index contributed by atoms with van der Waals surface area (Å²) in [6, 6.07) is 16.5. The molecule has 0 saturated carbocycles. The van der Waals surface area contributed by atoms with Crippen LogP contribution in [0.15, 0.2) is 54.7 Å². The Labute approximate surface area is 165 Å². The van der Waals surface area contributed by atoms with Gasteiger partial charge in [-0.25, -0.2) is 0 Å². The number of rotatable bonds is 5. The maximum atomic E-state index is 5.43. The Morgan fingerprint density at radius 2 is 1.71 bits per heavy atom. The van der Waals surface area contributed by atoms with E-state index in [1.807, 2.05) is 31.2 Å². The third kappa shape index (κ3) is 3.98. The van der Waals surface area contributed by atoms with E-state index in [1.165, 1.54) is 5.69 Å². The molecular weight excluding hydrogens is 352 g/mol. The minimum atomic E-state index is 0.643. The second-order valence-corrected chi connectivity index (χ2v) is 6.78. The third-order valence-electron chi connectivity index (χ3n) is 4.85. The second kappa shape index (κ2) is 8.12. The minimum Gasteiger partial charge on any atom is -0.495 e. The average molecular weight is 376 g/mol. The van der Waals surface area contributed by atoms with Crippen LogP contribution in [0.3, 0.4) is 0 Å². The van der Waals surface area contributed by atoms with Crippen LogP contribution < -0.4 is 19.9 Å². The number of ether oxygens (including phenoxy) is 1. The van der Waals surface area contributed by atoms with Gasteiger partial charge in [-0.3, -0.25) is 0 Å². The fraction of sp³-hybridized carbons (Fsp3) is 0.286. The van der Waals surface area contributed by atoms with Crippen molar-refractivity contribution >= 4 is 23.1 Å². The lowest BCUT2D eigenvalue weighted by Gasteiger charge is -2.35. The van der Waals surface area contributed by atoms with Crippen LogP contribution in [0.25, 0.3) is 0 Å². The van der Waals surface area contributed by atoms with E-state index >= 15 is 0 Å². The van der Waals surface area contributed by atoms with Gasteiger partial charge >= 0.3 is 0 Å². The van der Waals surface area contributed by atoms with Gasteiger partial charge in [0.2, 0.25) is 5.95 Å². The molecule has 28 heavy (non-hydrogen) atoms. The molecule has 0 amide bonds. The van der Waals surface area contributed by atoms with Crippen LogP contribution in [-0.2, 0) is 0 Å². The van der Waals surface area contributed by atoms with Gasteiger partial charge in [0.05, 0.1) is 19.0 Å². The third-order valence-corrected chi connectivity index (χ3v) is 4.85. The fourth-order valence-electron chi connectivity index (χ4n) is 3.35. The summed E-state index contributed by atoms with van der Waals surface area (Å²) in [6.45, 7) is 5.61. The Balaban J connectivity index is 1.45. The SMILES string of the molecule is COc1ccc(C)cc1Nc1cnnc(N2CCN(c3ccccc3)CC2)n1. The molecule has 0 aliphatic carbocycles. The molecule has 4 rings (SSSR count). The summed E-state index contributed by atoms with van der Waals surface area (Å²) in [5.74, 6) is 2.06. The van der Waals surface area contributed by atoms with Crippen LogP contribution in [0, 0.1) is 6.92 Å². The quantitative estimate of drug-likeness (QED) is 0.733. The highest BCUT2D eigenvalue weighted by Crippen LogP contribution is 2.28. The van der Waals surface area contributed by atoms with Crippen LogP contribution in [-0.4, -0.2) is 48.5 Å².